The molecule has 2 N–H and O–H groups in total. The van der Waals surface area contributed by atoms with Crippen LogP contribution in [-0.2, 0) is 6.18 Å². The van der Waals surface area contributed by atoms with Crippen LogP contribution in [-0.4, -0.2) is 10.9 Å². The fourth-order valence-electron chi connectivity index (χ4n) is 1.53. The third kappa shape index (κ3) is 3.05. The summed E-state index contributed by atoms with van der Waals surface area (Å²) < 4.78 is 43.0. The lowest BCUT2D eigenvalue weighted by atomic mass is 10.2. The Bertz CT molecular complexity index is 642. The number of amides is 1. The average Bonchev–Trinajstić information content (AvgIpc) is 2.38. The number of hydrogen-bond acceptors (Lipinski definition) is 3. The molecule has 0 fully saturated rings. The maximum Gasteiger partial charge on any atom is 0.416 e. The van der Waals surface area contributed by atoms with Crippen molar-refractivity contribution in [3.05, 3.63) is 53.9 Å². The van der Waals surface area contributed by atoms with Gasteiger partial charge in [-0.2, -0.15) is 13.2 Å². The van der Waals surface area contributed by atoms with Crippen molar-refractivity contribution in [3.63, 3.8) is 0 Å². The van der Waals surface area contributed by atoms with Gasteiger partial charge in [-0.1, -0.05) is 6.07 Å². The van der Waals surface area contributed by atoms with E-state index in [2.05, 4.69) is 4.98 Å². The van der Waals surface area contributed by atoms with Crippen molar-refractivity contribution < 1.29 is 22.7 Å². The van der Waals surface area contributed by atoms with Crippen molar-refractivity contribution in [2.75, 3.05) is 0 Å². The molecule has 7 heteroatoms. The normalized spacial score (nSPS) is 11.2. The highest BCUT2D eigenvalue weighted by atomic mass is 19.4. The zero-order valence-corrected chi connectivity index (χ0v) is 10.0. The first-order valence-corrected chi connectivity index (χ1v) is 5.47. The number of ether oxygens (including phenoxy) is 1. The summed E-state index contributed by atoms with van der Waals surface area (Å²) in [6, 6.07) is 5.62. The highest BCUT2D eigenvalue weighted by Crippen LogP contribution is 2.33. The lowest BCUT2D eigenvalue weighted by molar-refractivity contribution is -0.137. The summed E-state index contributed by atoms with van der Waals surface area (Å²) in [5, 5.41) is 0. The van der Waals surface area contributed by atoms with Gasteiger partial charge in [-0.05, 0) is 24.3 Å². The SMILES string of the molecule is NC(=O)c1ccncc1Oc1cccc(C(F)(F)F)c1. The number of nitrogens with zero attached hydrogens (tertiary/aromatic N) is 1. The Morgan fingerprint density at radius 2 is 2.00 bits per heavy atom. The molecule has 2 aromatic rings. The molecule has 0 saturated carbocycles. The van der Waals surface area contributed by atoms with Crippen LogP contribution in [0.25, 0.3) is 0 Å². The average molecular weight is 282 g/mol. The smallest absolute Gasteiger partial charge is 0.416 e. The Morgan fingerprint density at radius 3 is 2.65 bits per heavy atom. The fourth-order valence-corrected chi connectivity index (χ4v) is 1.53. The van der Waals surface area contributed by atoms with E-state index in [4.69, 9.17) is 10.5 Å². The molecule has 2 rings (SSSR count). The Kier molecular flexibility index (Phi) is 3.60. The minimum atomic E-state index is -4.47. The molecule has 0 bridgehead atoms. The van der Waals surface area contributed by atoms with Crippen LogP contribution in [0.2, 0.25) is 0 Å². The highest BCUT2D eigenvalue weighted by Gasteiger charge is 2.30. The molecule has 0 aliphatic rings. The van der Waals surface area contributed by atoms with Crippen LogP contribution < -0.4 is 10.5 Å². The van der Waals surface area contributed by atoms with Crippen LogP contribution >= 0.6 is 0 Å². The number of benzene rings is 1. The lowest BCUT2D eigenvalue weighted by Crippen LogP contribution is -2.12. The first-order valence-electron chi connectivity index (χ1n) is 5.47. The summed E-state index contributed by atoms with van der Waals surface area (Å²) in [5.41, 5.74) is 4.33. The predicted molar refractivity (Wildman–Crippen MR) is 64.3 cm³/mol. The van der Waals surface area contributed by atoms with Gasteiger partial charge >= 0.3 is 6.18 Å². The summed E-state index contributed by atoms with van der Waals surface area (Å²) in [6.45, 7) is 0. The Hall–Kier alpha value is -2.57. The van der Waals surface area contributed by atoms with E-state index in [0.717, 1.165) is 12.1 Å². The van der Waals surface area contributed by atoms with Gasteiger partial charge in [0.2, 0.25) is 0 Å². The largest absolute Gasteiger partial charge is 0.455 e. The molecule has 0 atom stereocenters. The number of carbonyl (C=O) groups is 1. The number of aromatic nitrogens is 1. The molecular weight excluding hydrogens is 273 g/mol. The van der Waals surface area contributed by atoms with Crippen molar-refractivity contribution in [2.45, 2.75) is 6.18 Å². The molecule has 1 aromatic carbocycles. The molecule has 0 aliphatic heterocycles. The minimum absolute atomic E-state index is 0.000625. The van der Waals surface area contributed by atoms with Gasteiger partial charge < -0.3 is 10.5 Å². The molecule has 0 radical (unpaired) electrons. The van der Waals surface area contributed by atoms with E-state index >= 15 is 0 Å². The first kappa shape index (κ1) is 13.9. The fraction of sp³-hybridized carbons (Fsp3) is 0.0769. The third-order valence-corrected chi connectivity index (χ3v) is 2.44. The van der Waals surface area contributed by atoms with E-state index in [0.29, 0.717) is 0 Å². The van der Waals surface area contributed by atoms with Crippen molar-refractivity contribution in [1.29, 1.82) is 0 Å². The van der Waals surface area contributed by atoms with Gasteiger partial charge in [-0.25, -0.2) is 0 Å². The monoisotopic (exact) mass is 282 g/mol. The molecule has 0 spiro atoms. The molecular formula is C13H9F3N2O2. The summed E-state index contributed by atoms with van der Waals surface area (Å²) in [5.74, 6) is -0.816. The maximum absolute atomic E-state index is 12.6. The summed E-state index contributed by atoms with van der Waals surface area (Å²) in [6.07, 6.45) is -1.93. The van der Waals surface area contributed by atoms with Crippen LogP contribution in [0.4, 0.5) is 13.2 Å². The van der Waals surface area contributed by atoms with E-state index in [1.807, 2.05) is 0 Å². The lowest BCUT2D eigenvalue weighted by Gasteiger charge is -2.11. The van der Waals surface area contributed by atoms with Crippen LogP contribution in [0.3, 0.4) is 0 Å². The molecule has 0 unspecified atom stereocenters. The molecule has 104 valence electrons. The van der Waals surface area contributed by atoms with Crippen LogP contribution in [0.5, 0.6) is 11.5 Å². The van der Waals surface area contributed by atoms with Crippen molar-refractivity contribution in [1.82, 2.24) is 4.98 Å². The van der Waals surface area contributed by atoms with E-state index in [9.17, 15) is 18.0 Å². The van der Waals surface area contributed by atoms with Gasteiger partial charge in [0, 0.05) is 6.20 Å². The number of hydrogen-bond donors (Lipinski definition) is 1. The zero-order chi connectivity index (χ0) is 14.8. The second-order valence-electron chi connectivity index (χ2n) is 3.86. The van der Waals surface area contributed by atoms with Crippen LogP contribution in [0, 0.1) is 0 Å². The van der Waals surface area contributed by atoms with Crippen molar-refractivity contribution in [3.8, 4) is 11.5 Å². The molecule has 4 nitrogen and oxygen atoms in total. The van der Waals surface area contributed by atoms with E-state index in [1.54, 1.807) is 0 Å². The Balaban J connectivity index is 2.34. The van der Waals surface area contributed by atoms with Gasteiger partial charge in [0.15, 0.2) is 5.75 Å². The Morgan fingerprint density at radius 1 is 1.25 bits per heavy atom. The highest BCUT2D eigenvalue weighted by molar-refractivity contribution is 5.95. The van der Waals surface area contributed by atoms with E-state index in [1.165, 1.54) is 30.6 Å². The van der Waals surface area contributed by atoms with E-state index in [-0.39, 0.29) is 17.1 Å². The number of rotatable bonds is 3. The predicted octanol–water partition coefficient (Wildman–Crippen LogP) is 2.99. The maximum atomic E-state index is 12.6. The van der Waals surface area contributed by atoms with Gasteiger partial charge in [0.1, 0.15) is 5.75 Å². The number of nitrogens with two attached hydrogens (primary N) is 1. The summed E-state index contributed by atoms with van der Waals surface area (Å²) >= 11 is 0. The molecule has 1 amide bonds. The van der Waals surface area contributed by atoms with Gasteiger partial charge in [0.05, 0.1) is 17.3 Å². The van der Waals surface area contributed by atoms with Crippen LogP contribution in [0.1, 0.15) is 15.9 Å². The number of pyridine rings is 1. The number of halogens is 3. The third-order valence-electron chi connectivity index (χ3n) is 2.44. The molecule has 0 saturated heterocycles. The quantitative estimate of drug-likeness (QED) is 0.941. The number of alkyl halides is 3. The number of carbonyl (C=O) groups excluding carboxylic acids is 1. The molecule has 20 heavy (non-hydrogen) atoms. The zero-order valence-electron chi connectivity index (χ0n) is 10.0. The van der Waals surface area contributed by atoms with Gasteiger partial charge in [-0.3, -0.25) is 9.78 Å². The Labute approximate surface area is 112 Å². The van der Waals surface area contributed by atoms with Crippen LogP contribution in [0.15, 0.2) is 42.7 Å². The van der Waals surface area contributed by atoms with Crippen molar-refractivity contribution >= 4 is 5.91 Å². The number of primary amides is 1. The molecule has 1 heterocycles. The summed E-state index contributed by atoms with van der Waals surface area (Å²) in [7, 11) is 0. The van der Waals surface area contributed by atoms with E-state index < -0.39 is 17.6 Å². The standard InChI is InChI=1S/C13H9F3N2O2/c14-13(15,16)8-2-1-3-9(6-8)20-11-7-18-5-4-10(11)12(17)19/h1-7H,(H2,17,19). The first-order chi connectivity index (χ1) is 9.38. The topological polar surface area (TPSA) is 65.2 Å². The molecule has 0 aliphatic carbocycles. The summed E-state index contributed by atoms with van der Waals surface area (Å²) in [4.78, 5) is 14.9. The minimum Gasteiger partial charge on any atom is -0.455 e. The van der Waals surface area contributed by atoms with Crippen molar-refractivity contribution in [2.24, 2.45) is 5.73 Å². The van der Waals surface area contributed by atoms with Gasteiger partial charge in [0.25, 0.3) is 5.91 Å². The second-order valence-corrected chi connectivity index (χ2v) is 3.86. The second kappa shape index (κ2) is 5.20. The molecule has 1 aromatic heterocycles. The van der Waals surface area contributed by atoms with Gasteiger partial charge in [-0.15, -0.1) is 0 Å².